The Morgan fingerprint density at radius 2 is 2.00 bits per heavy atom. The second-order valence-corrected chi connectivity index (χ2v) is 5.54. The van der Waals surface area contributed by atoms with Crippen LogP contribution < -0.4 is 20.7 Å². The number of ether oxygens (including phenoxy) is 2. The fourth-order valence-corrected chi connectivity index (χ4v) is 2.57. The summed E-state index contributed by atoms with van der Waals surface area (Å²) in [5, 5.41) is 14.4. The van der Waals surface area contributed by atoms with Gasteiger partial charge in [0.25, 0.3) is 0 Å². The molecule has 0 atom stereocenters. The van der Waals surface area contributed by atoms with Crippen molar-refractivity contribution in [3.8, 4) is 5.75 Å². The summed E-state index contributed by atoms with van der Waals surface area (Å²) in [5.41, 5.74) is 6.11. The van der Waals surface area contributed by atoms with Crippen molar-refractivity contribution < 1.29 is 14.4 Å². The number of hydrogen-bond donors (Lipinski definition) is 2. The van der Waals surface area contributed by atoms with Gasteiger partial charge in [0.2, 0.25) is 17.6 Å². The zero-order valence-corrected chi connectivity index (χ0v) is 14.3. The number of hydrogen-bond acceptors (Lipinski definition) is 9. The minimum atomic E-state index is -0.588. The molecule has 10 nitrogen and oxygen atoms in total. The summed E-state index contributed by atoms with van der Waals surface area (Å²) in [7, 11) is 0. The molecule has 0 amide bonds. The fourth-order valence-electron chi connectivity index (χ4n) is 2.57. The van der Waals surface area contributed by atoms with Crippen molar-refractivity contribution in [2.45, 2.75) is 6.92 Å². The summed E-state index contributed by atoms with van der Waals surface area (Å²) in [6, 6.07) is 7.04. The van der Waals surface area contributed by atoms with Crippen LogP contribution >= 0.6 is 0 Å². The van der Waals surface area contributed by atoms with E-state index in [2.05, 4.69) is 15.3 Å². The van der Waals surface area contributed by atoms with Crippen LogP contribution in [0.5, 0.6) is 5.75 Å². The lowest BCUT2D eigenvalue weighted by Gasteiger charge is -2.27. The van der Waals surface area contributed by atoms with E-state index in [0.29, 0.717) is 50.3 Å². The van der Waals surface area contributed by atoms with Gasteiger partial charge < -0.3 is 25.4 Å². The maximum Gasteiger partial charge on any atom is 0.353 e. The molecule has 2 heterocycles. The summed E-state index contributed by atoms with van der Waals surface area (Å²) >= 11 is 0. The van der Waals surface area contributed by atoms with Gasteiger partial charge in [-0.25, -0.2) is 0 Å². The predicted octanol–water partition coefficient (Wildman–Crippen LogP) is 1.95. The molecule has 0 radical (unpaired) electrons. The Morgan fingerprint density at radius 3 is 2.62 bits per heavy atom. The average molecular weight is 360 g/mol. The van der Waals surface area contributed by atoms with Crippen LogP contribution in [0.3, 0.4) is 0 Å². The molecule has 26 heavy (non-hydrogen) atoms. The van der Waals surface area contributed by atoms with Crippen molar-refractivity contribution in [1.29, 1.82) is 0 Å². The number of nitrogen functional groups attached to an aromatic ring is 1. The van der Waals surface area contributed by atoms with Gasteiger partial charge in [0.05, 0.1) is 24.7 Å². The second kappa shape index (κ2) is 7.83. The number of nitrogens with two attached hydrogens (primary N) is 1. The van der Waals surface area contributed by atoms with Gasteiger partial charge in [-0.3, -0.25) is 10.1 Å². The van der Waals surface area contributed by atoms with Crippen LogP contribution in [0.4, 0.5) is 29.0 Å². The maximum absolute atomic E-state index is 11.4. The highest BCUT2D eigenvalue weighted by atomic mass is 16.6. The molecule has 3 N–H and O–H groups in total. The number of nitro groups is 1. The topological polar surface area (TPSA) is 129 Å². The molecule has 2 aromatic rings. The van der Waals surface area contributed by atoms with Gasteiger partial charge in [0.15, 0.2) is 0 Å². The van der Waals surface area contributed by atoms with E-state index in [1.165, 1.54) is 0 Å². The molecule has 1 fully saturated rings. The first-order valence-electron chi connectivity index (χ1n) is 8.23. The van der Waals surface area contributed by atoms with E-state index in [9.17, 15) is 10.1 Å². The number of morpholine rings is 1. The van der Waals surface area contributed by atoms with E-state index < -0.39 is 4.92 Å². The molecular formula is C16H20N6O4. The Kier molecular flexibility index (Phi) is 5.32. The molecule has 3 rings (SSSR count). The number of rotatable bonds is 6. The third kappa shape index (κ3) is 3.91. The van der Waals surface area contributed by atoms with E-state index in [-0.39, 0.29) is 17.3 Å². The van der Waals surface area contributed by atoms with Gasteiger partial charge in [-0.05, 0) is 31.2 Å². The molecule has 0 spiro atoms. The van der Waals surface area contributed by atoms with Gasteiger partial charge in [0, 0.05) is 18.8 Å². The number of nitrogens with zero attached hydrogens (tertiary/aromatic N) is 4. The SMILES string of the molecule is CCOc1ccc(Nc2nc(N3CCOCC3)nc(N)c2[N+](=O)[O-])cc1. The highest BCUT2D eigenvalue weighted by molar-refractivity contribution is 5.74. The maximum atomic E-state index is 11.4. The first kappa shape index (κ1) is 17.7. The molecule has 1 saturated heterocycles. The standard InChI is InChI=1S/C16H20N6O4/c1-2-26-12-5-3-11(4-6-12)18-15-13(22(23)24)14(17)19-16(20-15)21-7-9-25-10-8-21/h3-6H,2,7-10H2,1H3,(H3,17,18,19,20). The summed E-state index contributed by atoms with van der Waals surface area (Å²) < 4.78 is 10.7. The molecule has 0 saturated carbocycles. The van der Waals surface area contributed by atoms with Gasteiger partial charge >= 0.3 is 5.69 Å². The van der Waals surface area contributed by atoms with Crippen molar-refractivity contribution in [3.05, 3.63) is 34.4 Å². The summed E-state index contributed by atoms with van der Waals surface area (Å²) in [6.45, 7) is 4.74. The van der Waals surface area contributed by atoms with Crippen LogP contribution in [0.2, 0.25) is 0 Å². The van der Waals surface area contributed by atoms with E-state index >= 15 is 0 Å². The van der Waals surface area contributed by atoms with Crippen LogP contribution in [0, 0.1) is 10.1 Å². The van der Waals surface area contributed by atoms with Crippen LogP contribution in [-0.4, -0.2) is 47.8 Å². The molecule has 10 heteroatoms. The molecule has 1 aliphatic rings. The van der Waals surface area contributed by atoms with E-state index in [0.717, 1.165) is 0 Å². The normalized spacial score (nSPS) is 14.1. The zero-order valence-electron chi connectivity index (χ0n) is 14.3. The molecular weight excluding hydrogens is 340 g/mol. The minimum Gasteiger partial charge on any atom is -0.494 e. The van der Waals surface area contributed by atoms with E-state index in [4.69, 9.17) is 15.2 Å². The highest BCUT2D eigenvalue weighted by Gasteiger charge is 2.25. The Hall–Kier alpha value is -3.14. The zero-order chi connectivity index (χ0) is 18.5. The first-order chi connectivity index (χ1) is 12.6. The van der Waals surface area contributed by atoms with Gasteiger partial charge in [-0.2, -0.15) is 9.97 Å². The van der Waals surface area contributed by atoms with Crippen molar-refractivity contribution in [2.75, 3.05) is 48.9 Å². The second-order valence-electron chi connectivity index (χ2n) is 5.54. The first-order valence-corrected chi connectivity index (χ1v) is 8.23. The number of anilines is 4. The number of nitrogens with one attached hydrogen (secondary N) is 1. The van der Waals surface area contributed by atoms with Crippen molar-refractivity contribution in [2.24, 2.45) is 0 Å². The van der Waals surface area contributed by atoms with Crippen LogP contribution in [0.1, 0.15) is 6.92 Å². The number of aromatic nitrogens is 2. The molecule has 0 unspecified atom stereocenters. The third-order valence-electron chi connectivity index (χ3n) is 3.80. The molecule has 0 aliphatic carbocycles. The lowest BCUT2D eigenvalue weighted by molar-refractivity contribution is -0.383. The smallest absolute Gasteiger partial charge is 0.353 e. The van der Waals surface area contributed by atoms with E-state index in [1.54, 1.807) is 24.3 Å². The van der Waals surface area contributed by atoms with Crippen LogP contribution in [-0.2, 0) is 4.74 Å². The van der Waals surface area contributed by atoms with Gasteiger partial charge in [-0.1, -0.05) is 0 Å². The number of benzene rings is 1. The van der Waals surface area contributed by atoms with E-state index in [1.807, 2.05) is 11.8 Å². The Morgan fingerprint density at radius 1 is 1.31 bits per heavy atom. The van der Waals surface area contributed by atoms with Gasteiger partial charge in [-0.15, -0.1) is 0 Å². The quantitative estimate of drug-likeness (QED) is 0.586. The average Bonchev–Trinajstić information content (AvgIpc) is 2.63. The third-order valence-corrected chi connectivity index (χ3v) is 3.80. The summed E-state index contributed by atoms with van der Waals surface area (Å²) in [6.07, 6.45) is 0. The molecule has 1 aromatic carbocycles. The lowest BCUT2D eigenvalue weighted by Crippen LogP contribution is -2.37. The van der Waals surface area contributed by atoms with Crippen LogP contribution in [0.25, 0.3) is 0 Å². The molecule has 0 bridgehead atoms. The monoisotopic (exact) mass is 360 g/mol. The Bertz CT molecular complexity index is 777. The molecule has 138 valence electrons. The minimum absolute atomic E-state index is 0.0492. The van der Waals surface area contributed by atoms with Crippen molar-refractivity contribution >= 4 is 29.0 Å². The molecule has 1 aliphatic heterocycles. The van der Waals surface area contributed by atoms with Gasteiger partial charge in [0.1, 0.15) is 5.75 Å². The fraction of sp³-hybridized carbons (Fsp3) is 0.375. The Balaban J connectivity index is 1.92. The van der Waals surface area contributed by atoms with Crippen LogP contribution in [0.15, 0.2) is 24.3 Å². The molecule has 1 aromatic heterocycles. The lowest BCUT2D eigenvalue weighted by atomic mass is 10.3. The summed E-state index contributed by atoms with van der Waals surface area (Å²) in [5.74, 6) is 0.918. The largest absolute Gasteiger partial charge is 0.494 e. The Labute approximate surface area is 150 Å². The van der Waals surface area contributed by atoms with Crippen molar-refractivity contribution in [1.82, 2.24) is 9.97 Å². The highest BCUT2D eigenvalue weighted by Crippen LogP contribution is 2.32. The predicted molar refractivity (Wildman–Crippen MR) is 97.0 cm³/mol. The van der Waals surface area contributed by atoms with Crippen molar-refractivity contribution in [3.63, 3.8) is 0 Å². The summed E-state index contributed by atoms with van der Waals surface area (Å²) in [4.78, 5) is 21.1.